The molecule has 0 atom stereocenters. The first kappa shape index (κ1) is 26.4. The average molecular weight is 627 g/mol. The Balaban J connectivity index is 1.21. The standard InChI is InChI=1S/C45H26N2O2/c1-26-30-10-2-3-11-31(30)38-23-28(24-39-32-12-4-5-15-35(32)45(48)46(26)44(38)39)27-18-20-41-36(22-27)33-13-6-8-16-40(33)47(41)29-19-21-43-37(25-29)34-14-7-9-17-42(34)49-43/h2-25H,1H2. The number of para-hydroxylation sites is 2. The second-order valence-corrected chi connectivity index (χ2v) is 13.0. The predicted octanol–water partition coefficient (Wildman–Crippen LogP) is 10.6. The van der Waals surface area contributed by atoms with Crippen molar-refractivity contribution in [2.24, 2.45) is 0 Å². The molecule has 0 radical (unpaired) electrons. The molecule has 0 saturated heterocycles. The Labute approximate surface area is 278 Å². The Hall–Kier alpha value is -6.65. The molecule has 0 unspecified atom stereocenters. The lowest BCUT2D eigenvalue weighted by Crippen LogP contribution is -2.27. The maximum atomic E-state index is 13.9. The highest BCUT2D eigenvalue weighted by atomic mass is 16.3. The molecule has 0 aliphatic carbocycles. The number of pyridine rings is 2. The number of benzene rings is 7. The largest absolute Gasteiger partial charge is 0.456 e. The normalized spacial score (nSPS) is 12.2. The third-order valence-corrected chi connectivity index (χ3v) is 10.4. The molecule has 0 fully saturated rings. The van der Waals surface area contributed by atoms with Crippen molar-refractivity contribution in [1.82, 2.24) is 8.97 Å². The number of rotatable bonds is 2. The first-order chi connectivity index (χ1) is 24.1. The fourth-order valence-electron chi connectivity index (χ4n) is 8.21. The summed E-state index contributed by atoms with van der Waals surface area (Å²) in [5, 5.41) is 11.1. The van der Waals surface area contributed by atoms with E-state index < -0.39 is 0 Å². The van der Waals surface area contributed by atoms with E-state index in [1.165, 1.54) is 10.8 Å². The van der Waals surface area contributed by atoms with Gasteiger partial charge in [0.05, 0.1) is 16.6 Å². The van der Waals surface area contributed by atoms with Gasteiger partial charge in [-0.15, -0.1) is 0 Å². The van der Waals surface area contributed by atoms with Crippen LogP contribution in [0, 0.1) is 0 Å². The number of nitrogens with zero attached hydrogens (tertiary/aromatic N) is 2. The maximum Gasteiger partial charge on any atom is 0.263 e. The van der Waals surface area contributed by atoms with Crippen molar-refractivity contribution >= 4 is 88.2 Å². The second-order valence-electron chi connectivity index (χ2n) is 13.0. The Morgan fingerprint density at radius 3 is 1.84 bits per heavy atom. The van der Waals surface area contributed by atoms with Crippen LogP contribution in [-0.2, 0) is 0 Å². The number of fused-ring (bicyclic) bond motifs is 10. The van der Waals surface area contributed by atoms with E-state index in [9.17, 15) is 4.79 Å². The maximum absolute atomic E-state index is 13.9. The van der Waals surface area contributed by atoms with E-state index in [0.29, 0.717) is 10.7 Å². The van der Waals surface area contributed by atoms with Crippen LogP contribution in [0.5, 0.6) is 0 Å². The summed E-state index contributed by atoms with van der Waals surface area (Å²) >= 11 is 0. The van der Waals surface area contributed by atoms with Gasteiger partial charge in [0.15, 0.2) is 0 Å². The minimum Gasteiger partial charge on any atom is -0.456 e. The van der Waals surface area contributed by atoms with Gasteiger partial charge in [0.1, 0.15) is 11.2 Å². The molecule has 7 aromatic carbocycles. The van der Waals surface area contributed by atoms with Gasteiger partial charge in [-0.25, -0.2) is 0 Å². The third kappa shape index (κ3) is 3.50. The van der Waals surface area contributed by atoms with Crippen molar-refractivity contribution in [1.29, 1.82) is 0 Å². The molecule has 0 bridgehead atoms. The van der Waals surface area contributed by atoms with Crippen LogP contribution in [0.2, 0.25) is 0 Å². The molecule has 0 saturated carbocycles. The van der Waals surface area contributed by atoms with Gasteiger partial charge >= 0.3 is 0 Å². The number of hydrogen-bond acceptors (Lipinski definition) is 2. The Bertz CT molecular complexity index is 3220. The molecule has 0 N–H and O–H groups in total. The van der Waals surface area contributed by atoms with Gasteiger partial charge < -0.3 is 8.98 Å². The summed E-state index contributed by atoms with van der Waals surface area (Å²) in [5.74, 6) is 0. The van der Waals surface area contributed by atoms with Crippen LogP contribution in [-0.4, -0.2) is 8.97 Å². The fraction of sp³-hybridized carbons (Fsp3) is 0. The quantitative estimate of drug-likeness (QED) is 0.141. The molecule has 11 aromatic rings. The van der Waals surface area contributed by atoms with E-state index in [2.05, 4.69) is 120 Å². The predicted molar refractivity (Wildman–Crippen MR) is 204 cm³/mol. The topological polar surface area (TPSA) is 39.5 Å². The van der Waals surface area contributed by atoms with E-state index in [-0.39, 0.29) is 5.56 Å². The highest BCUT2D eigenvalue weighted by Gasteiger charge is 2.19. The molecule has 0 aliphatic heterocycles. The molecule has 0 amide bonds. The molecule has 0 spiro atoms. The van der Waals surface area contributed by atoms with Crippen molar-refractivity contribution in [2.75, 3.05) is 0 Å². The number of aromatic nitrogens is 2. The van der Waals surface area contributed by atoms with E-state index in [0.717, 1.165) is 82.2 Å². The van der Waals surface area contributed by atoms with Gasteiger partial charge in [-0.3, -0.25) is 9.20 Å². The van der Waals surface area contributed by atoms with Gasteiger partial charge in [-0.2, -0.15) is 0 Å². The molecule has 49 heavy (non-hydrogen) atoms. The van der Waals surface area contributed by atoms with E-state index in [1.54, 1.807) is 0 Å². The summed E-state index contributed by atoms with van der Waals surface area (Å²) in [6.07, 6.45) is 0. The first-order valence-corrected chi connectivity index (χ1v) is 16.5. The zero-order valence-electron chi connectivity index (χ0n) is 26.3. The van der Waals surface area contributed by atoms with E-state index in [1.807, 2.05) is 40.8 Å². The molecule has 11 rings (SSSR count). The summed E-state index contributed by atoms with van der Waals surface area (Å²) in [7, 11) is 0. The van der Waals surface area contributed by atoms with Gasteiger partial charge in [0.25, 0.3) is 5.56 Å². The molecule has 0 aliphatic rings. The summed E-state index contributed by atoms with van der Waals surface area (Å²) in [5.41, 5.74) is 8.26. The van der Waals surface area contributed by atoms with Crippen LogP contribution in [0.3, 0.4) is 0 Å². The van der Waals surface area contributed by atoms with Crippen LogP contribution >= 0.6 is 0 Å². The SMILES string of the molecule is C=c1c2ccccc2c2cc(-c3ccc4c(c3)c3ccccc3n4-c3ccc4oc5ccccc5c4c3)cc3c4ccccc4c(=O)n1c23. The lowest BCUT2D eigenvalue weighted by molar-refractivity contribution is 0.669. The molecular weight excluding hydrogens is 601 g/mol. The Morgan fingerprint density at radius 1 is 0.449 bits per heavy atom. The van der Waals surface area contributed by atoms with Crippen molar-refractivity contribution in [2.45, 2.75) is 0 Å². The van der Waals surface area contributed by atoms with E-state index in [4.69, 9.17) is 4.42 Å². The fourth-order valence-corrected chi connectivity index (χ4v) is 8.21. The van der Waals surface area contributed by atoms with Crippen molar-refractivity contribution in [3.05, 3.63) is 161 Å². The lowest BCUT2D eigenvalue weighted by atomic mass is 9.94. The number of furan rings is 1. The molecule has 4 aromatic heterocycles. The Kier molecular flexibility index (Phi) is 5.10. The molecule has 228 valence electrons. The van der Waals surface area contributed by atoms with Crippen LogP contribution in [0.15, 0.2) is 155 Å². The van der Waals surface area contributed by atoms with E-state index >= 15 is 0 Å². The van der Waals surface area contributed by atoms with Gasteiger partial charge in [0, 0.05) is 54.1 Å². The van der Waals surface area contributed by atoms with Crippen LogP contribution in [0.1, 0.15) is 0 Å². The Morgan fingerprint density at radius 2 is 1.04 bits per heavy atom. The van der Waals surface area contributed by atoms with Crippen molar-refractivity contribution in [3.63, 3.8) is 0 Å². The third-order valence-electron chi connectivity index (χ3n) is 10.4. The van der Waals surface area contributed by atoms with Gasteiger partial charge in [-0.1, -0.05) is 91.5 Å². The molecule has 4 nitrogen and oxygen atoms in total. The molecular formula is C45H26N2O2. The number of hydrogen-bond donors (Lipinski definition) is 0. The van der Waals surface area contributed by atoms with Crippen LogP contribution < -0.4 is 10.9 Å². The molecule has 4 heteroatoms. The molecule has 4 heterocycles. The lowest BCUT2D eigenvalue weighted by Gasteiger charge is -2.16. The van der Waals surface area contributed by atoms with Crippen LogP contribution in [0.4, 0.5) is 0 Å². The zero-order chi connectivity index (χ0) is 32.4. The summed E-state index contributed by atoms with van der Waals surface area (Å²) < 4.78 is 10.3. The monoisotopic (exact) mass is 626 g/mol. The highest BCUT2D eigenvalue weighted by Crippen LogP contribution is 2.39. The minimum absolute atomic E-state index is 0.0348. The van der Waals surface area contributed by atoms with Crippen molar-refractivity contribution in [3.8, 4) is 16.8 Å². The average Bonchev–Trinajstić information content (AvgIpc) is 3.69. The van der Waals surface area contributed by atoms with Gasteiger partial charge in [-0.05, 0) is 82.6 Å². The minimum atomic E-state index is -0.0348. The summed E-state index contributed by atoms with van der Waals surface area (Å²) in [6, 6.07) is 50.8. The smallest absolute Gasteiger partial charge is 0.263 e. The summed E-state index contributed by atoms with van der Waals surface area (Å²) in [6.45, 7) is 4.40. The zero-order valence-corrected chi connectivity index (χ0v) is 26.3. The summed E-state index contributed by atoms with van der Waals surface area (Å²) in [4.78, 5) is 13.9. The highest BCUT2D eigenvalue weighted by molar-refractivity contribution is 6.20. The van der Waals surface area contributed by atoms with Crippen LogP contribution in [0.25, 0.3) is 105 Å². The van der Waals surface area contributed by atoms with Gasteiger partial charge in [0.2, 0.25) is 0 Å². The first-order valence-electron chi connectivity index (χ1n) is 16.5. The second kappa shape index (κ2) is 9.46. The van der Waals surface area contributed by atoms with Crippen molar-refractivity contribution < 1.29 is 4.42 Å².